The van der Waals surface area contributed by atoms with Gasteiger partial charge in [0.05, 0.1) is 22.7 Å². The van der Waals surface area contributed by atoms with Crippen LogP contribution in [-0.4, -0.2) is 59.5 Å². The molecule has 0 spiro atoms. The van der Waals surface area contributed by atoms with Crippen LogP contribution in [0.5, 0.6) is 0 Å². The SMILES string of the molecule is Cc1nnc(C)n1N1/C(=C2/N(n3c(C)nnc3C)c3ccc(C(C)(C)C)cc3N2n2c(C)nnc2C)N(n2c(C)nnc2C)c2cc(C(C)(C)C)ccc21. The highest BCUT2D eigenvalue weighted by Gasteiger charge is 2.48. The lowest BCUT2D eigenvalue weighted by atomic mass is 9.86. The summed E-state index contributed by atoms with van der Waals surface area (Å²) in [5.74, 6) is 7.23. The molecule has 0 fully saturated rings. The minimum atomic E-state index is -0.139. The van der Waals surface area contributed by atoms with E-state index >= 15 is 0 Å². The summed E-state index contributed by atoms with van der Waals surface area (Å²) in [6, 6.07) is 13.3. The molecule has 0 radical (unpaired) electrons. The molecule has 0 atom stereocenters. The van der Waals surface area contributed by atoms with Crippen molar-refractivity contribution in [2.75, 3.05) is 20.0 Å². The Morgan fingerprint density at radius 1 is 0.333 bits per heavy atom. The van der Waals surface area contributed by atoms with Crippen LogP contribution in [0.4, 0.5) is 22.7 Å². The molecule has 280 valence electrons. The van der Waals surface area contributed by atoms with Crippen molar-refractivity contribution in [2.24, 2.45) is 0 Å². The molecular formula is C38H48N16. The fourth-order valence-electron chi connectivity index (χ4n) is 7.51. The van der Waals surface area contributed by atoms with Gasteiger partial charge in [-0.2, -0.15) is 0 Å². The topological polar surface area (TPSA) is 136 Å². The van der Waals surface area contributed by atoms with Gasteiger partial charge in [0.2, 0.25) is 0 Å². The van der Waals surface area contributed by atoms with Crippen molar-refractivity contribution in [3.63, 3.8) is 0 Å². The van der Waals surface area contributed by atoms with Gasteiger partial charge in [-0.1, -0.05) is 53.7 Å². The molecule has 54 heavy (non-hydrogen) atoms. The molecule has 2 aromatic carbocycles. The summed E-state index contributed by atoms with van der Waals surface area (Å²) in [4.78, 5) is 0. The van der Waals surface area contributed by atoms with Gasteiger partial charge >= 0.3 is 0 Å². The zero-order chi connectivity index (χ0) is 38.8. The number of nitrogens with zero attached hydrogens (tertiary/aromatic N) is 16. The molecule has 6 heterocycles. The van der Waals surface area contributed by atoms with Gasteiger partial charge in [0, 0.05) is 0 Å². The van der Waals surface area contributed by atoms with Crippen molar-refractivity contribution < 1.29 is 0 Å². The fourth-order valence-corrected chi connectivity index (χ4v) is 7.51. The molecule has 6 aromatic rings. The smallest absolute Gasteiger partial charge is 0.199 e. The molecule has 16 nitrogen and oxygen atoms in total. The van der Waals surface area contributed by atoms with E-state index in [0.717, 1.165) is 34.4 Å². The van der Waals surface area contributed by atoms with Gasteiger partial charge in [0.25, 0.3) is 0 Å². The first kappa shape index (κ1) is 35.0. The van der Waals surface area contributed by atoms with Gasteiger partial charge in [-0.05, 0) is 102 Å². The molecule has 4 aromatic heterocycles. The van der Waals surface area contributed by atoms with Crippen LogP contribution < -0.4 is 20.0 Å². The maximum absolute atomic E-state index is 4.58. The minimum absolute atomic E-state index is 0.139. The number of hydrogen-bond acceptors (Lipinski definition) is 12. The second-order valence-corrected chi connectivity index (χ2v) is 16.2. The lowest BCUT2D eigenvalue weighted by Gasteiger charge is -2.35. The average molecular weight is 729 g/mol. The Hall–Kier alpha value is -6.06. The molecule has 16 heteroatoms. The highest BCUT2D eigenvalue weighted by Crippen LogP contribution is 2.52. The highest BCUT2D eigenvalue weighted by atomic mass is 15.8. The third-order valence-corrected chi connectivity index (χ3v) is 10.2. The van der Waals surface area contributed by atoms with Crippen molar-refractivity contribution in [3.05, 3.63) is 106 Å². The van der Waals surface area contributed by atoms with E-state index in [4.69, 9.17) is 0 Å². The quantitative estimate of drug-likeness (QED) is 0.209. The minimum Gasteiger partial charge on any atom is -0.223 e. The number of rotatable bonds is 4. The fraction of sp³-hybridized carbons (Fsp3) is 0.421. The van der Waals surface area contributed by atoms with Crippen LogP contribution in [-0.2, 0) is 10.8 Å². The Morgan fingerprint density at radius 3 is 0.778 bits per heavy atom. The Balaban J connectivity index is 1.62. The summed E-state index contributed by atoms with van der Waals surface area (Å²) in [6.07, 6.45) is 0. The first-order valence-corrected chi connectivity index (χ1v) is 18.2. The predicted octanol–water partition coefficient (Wildman–Crippen LogP) is 6.05. The summed E-state index contributed by atoms with van der Waals surface area (Å²) >= 11 is 0. The first-order valence-electron chi connectivity index (χ1n) is 18.2. The van der Waals surface area contributed by atoms with Crippen LogP contribution in [0.3, 0.4) is 0 Å². The second kappa shape index (κ2) is 11.7. The zero-order valence-electron chi connectivity index (χ0n) is 33.6. The highest BCUT2D eigenvalue weighted by molar-refractivity contribution is 5.89. The van der Waals surface area contributed by atoms with E-state index in [1.54, 1.807) is 0 Å². The van der Waals surface area contributed by atoms with Crippen LogP contribution in [0.2, 0.25) is 0 Å². The van der Waals surface area contributed by atoms with Crippen LogP contribution in [0.25, 0.3) is 0 Å². The largest absolute Gasteiger partial charge is 0.223 e. The van der Waals surface area contributed by atoms with Crippen LogP contribution in [0.15, 0.2) is 48.0 Å². The van der Waals surface area contributed by atoms with Gasteiger partial charge in [-0.3, -0.25) is 0 Å². The monoisotopic (exact) mass is 728 g/mol. The maximum Gasteiger partial charge on any atom is 0.199 e. The standard InChI is InChI=1S/C38H48N16/c1-21-39-40-22(2)47(21)51-31-17-15-29(37(9,10)11)19-33(31)53(49-25(5)43-44-26(49)6)35(51)36-52(48-23(3)41-42-24(48)4)32-18-16-30(38(12,13)14)20-34(32)54(36)50-27(7)45-46-28(50)8/h15-20H,1-14H3/b36-35+. The molecule has 0 aliphatic carbocycles. The summed E-state index contributed by atoms with van der Waals surface area (Å²) in [5.41, 5.74) is 5.78. The normalized spacial score (nSPS) is 16.0. The van der Waals surface area contributed by atoms with Crippen molar-refractivity contribution in [1.29, 1.82) is 0 Å². The van der Waals surface area contributed by atoms with E-state index < -0.39 is 0 Å². The van der Waals surface area contributed by atoms with Crippen molar-refractivity contribution in [3.8, 4) is 0 Å². The van der Waals surface area contributed by atoms with Gasteiger partial charge < -0.3 is 0 Å². The zero-order valence-corrected chi connectivity index (χ0v) is 33.6. The molecule has 0 N–H and O–H groups in total. The lowest BCUT2D eigenvalue weighted by molar-refractivity contribution is 0.589. The number of aromatic nitrogens is 12. The van der Waals surface area contributed by atoms with Gasteiger partial charge in [0.1, 0.15) is 46.6 Å². The summed E-state index contributed by atoms with van der Waals surface area (Å²) < 4.78 is 8.26. The van der Waals surface area contributed by atoms with E-state index in [9.17, 15) is 0 Å². The Kier molecular flexibility index (Phi) is 7.60. The third-order valence-electron chi connectivity index (χ3n) is 10.2. The lowest BCUT2D eigenvalue weighted by Crippen LogP contribution is -2.46. The molecule has 0 saturated carbocycles. The number of anilines is 4. The Bertz CT molecular complexity index is 2240. The van der Waals surface area contributed by atoms with Crippen molar-refractivity contribution >= 4 is 22.7 Å². The maximum atomic E-state index is 4.58. The summed E-state index contributed by atoms with van der Waals surface area (Å²) in [7, 11) is 0. The Labute approximate surface area is 315 Å². The molecule has 0 saturated heterocycles. The summed E-state index contributed by atoms with van der Waals surface area (Å²) in [5, 5.41) is 45.4. The van der Waals surface area contributed by atoms with Crippen LogP contribution in [0, 0.1) is 55.4 Å². The Morgan fingerprint density at radius 2 is 0.556 bits per heavy atom. The molecule has 0 bridgehead atoms. The number of aryl methyl sites for hydroxylation is 8. The predicted molar refractivity (Wildman–Crippen MR) is 207 cm³/mol. The van der Waals surface area contributed by atoms with Gasteiger partial charge in [-0.15, -0.1) is 40.8 Å². The van der Waals surface area contributed by atoms with E-state index in [1.807, 2.05) is 55.4 Å². The molecule has 2 aliphatic rings. The number of hydrogen-bond donors (Lipinski definition) is 0. The average Bonchev–Trinajstić information content (AvgIpc) is 3.92. The van der Waals surface area contributed by atoms with E-state index in [1.165, 1.54) is 11.1 Å². The summed E-state index contributed by atoms with van der Waals surface area (Å²) in [6.45, 7) is 29.2. The molecule has 0 amide bonds. The van der Waals surface area contributed by atoms with Gasteiger partial charge in [0.15, 0.2) is 11.6 Å². The number of benzene rings is 2. The molecule has 2 aliphatic heterocycles. The van der Waals surface area contributed by atoms with E-state index in [2.05, 4.69) is 157 Å². The molecule has 0 unspecified atom stereocenters. The van der Waals surface area contributed by atoms with Crippen LogP contribution >= 0.6 is 0 Å². The van der Waals surface area contributed by atoms with E-state index in [-0.39, 0.29) is 10.8 Å². The van der Waals surface area contributed by atoms with Crippen LogP contribution in [0.1, 0.15) is 99.3 Å². The van der Waals surface area contributed by atoms with Crippen molar-refractivity contribution in [2.45, 2.75) is 108 Å². The third kappa shape index (κ3) is 5.02. The first-order chi connectivity index (χ1) is 25.4. The van der Waals surface area contributed by atoms with E-state index in [0.29, 0.717) is 46.6 Å². The second-order valence-electron chi connectivity index (χ2n) is 16.2. The molecular weight excluding hydrogens is 681 g/mol. The number of fused-ring (bicyclic) bond motifs is 2. The molecule has 8 rings (SSSR count). The van der Waals surface area contributed by atoms with Crippen molar-refractivity contribution in [1.82, 2.24) is 59.5 Å². The van der Waals surface area contributed by atoms with Gasteiger partial charge in [-0.25, -0.2) is 38.7 Å².